The van der Waals surface area contributed by atoms with Gasteiger partial charge in [-0.1, -0.05) is 48.0 Å². The van der Waals surface area contributed by atoms with Crippen molar-refractivity contribution in [1.82, 2.24) is 9.55 Å². The van der Waals surface area contributed by atoms with Gasteiger partial charge in [-0.2, -0.15) is 0 Å². The number of fused-ring (bicyclic) bond motifs is 2. The fourth-order valence-corrected chi connectivity index (χ4v) is 4.12. The number of nitrogens with zero attached hydrogens (tertiary/aromatic N) is 2. The van der Waals surface area contributed by atoms with Crippen LogP contribution in [0.5, 0.6) is 0 Å². The maximum Gasteiger partial charge on any atom is 0.146 e. The van der Waals surface area contributed by atoms with Gasteiger partial charge in [0.25, 0.3) is 0 Å². The van der Waals surface area contributed by atoms with E-state index in [9.17, 15) is 0 Å². The molecule has 2 aromatic heterocycles. The van der Waals surface area contributed by atoms with Crippen molar-refractivity contribution in [3.63, 3.8) is 0 Å². The van der Waals surface area contributed by atoms with Crippen molar-refractivity contribution < 1.29 is 0 Å². The zero-order valence-electron chi connectivity index (χ0n) is 16.9. The molecule has 0 aliphatic heterocycles. The van der Waals surface area contributed by atoms with Crippen LogP contribution in [0.1, 0.15) is 16.7 Å². The third-order valence-electron chi connectivity index (χ3n) is 5.48. The Hall–Kier alpha value is -3.59. The van der Waals surface area contributed by atoms with Crippen molar-refractivity contribution in [2.24, 2.45) is 0 Å². The van der Waals surface area contributed by atoms with E-state index in [1.54, 1.807) is 0 Å². The fourth-order valence-electron chi connectivity index (χ4n) is 4.12. The number of anilines is 2. The van der Waals surface area contributed by atoms with Crippen LogP contribution < -0.4 is 5.32 Å². The Morgan fingerprint density at radius 2 is 1.45 bits per heavy atom. The second-order valence-corrected chi connectivity index (χ2v) is 7.73. The minimum Gasteiger partial charge on any atom is -0.340 e. The summed E-state index contributed by atoms with van der Waals surface area (Å²) in [5.41, 5.74) is 6.94. The second kappa shape index (κ2) is 6.78. The van der Waals surface area contributed by atoms with Crippen LogP contribution in [0.25, 0.3) is 27.5 Å². The Labute approximate surface area is 170 Å². The summed E-state index contributed by atoms with van der Waals surface area (Å²) in [6.07, 6.45) is 2.09. The third kappa shape index (κ3) is 3.15. The van der Waals surface area contributed by atoms with Gasteiger partial charge in [-0.25, -0.2) is 4.98 Å². The van der Waals surface area contributed by atoms with E-state index < -0.39 is 0 Å². The standard InChI is InChI=1S/C26H23N3/c1-17-14-18(2)25(19(3)15-17)27-24-11-9-21-12-13-29(26(21)28-24)23-10-8-20-6-4-5-7-22(20)16-23/h4-16H,1-3H3,(H,27,28). The highest BCUT2D eigenvalue weighted by molar-refractivity contribution is 5.86. The van der Waals surface area contributed by atoms with E-state index in [0.717, 1.165) is 28.2 Å². The fraction of sp³-hybridized carbons (Fsp3) is 0.115. The van der Waals surface area contributed by atoms with Crippen molar-refractivity contribution >= 4 is 33.3 Å². The number of hydrogen-bond donors (Lipinski definition) is 1. The summed E-state index contributed by atoms with van der Waals surface area (Å²) >= 11 is 0. The Morgan fingerprint density at radius 1 is 0.724 bits per heavy atom. The molecule has 0 atom stereocenters. The molecule has 3 nitrogen and oxygen atoms in total. The number of aryl methyl sites for hydroxylation is 3. The first kappa shape index (κ1) is 17.5. The van der Waals surface area contributed by atoms with Crippen LogP contribution in [0.4, 0.5) is 11.5 Å². The van der Waals surface area contributed by atoms with E-state index >= 15 is 0 Å². The molecule has 3 aromatic carbocycles. The molecule has 0 fully saturated rings. The smallest absolute Gasteiger partial charge is 0.146 e. The van der Waals surface area contributed by atoms with Crippen LogP contribution >= 0.6 is 0 Å². The van der Waals surface area contributed by atoms with Gasteiger partial charge >= 0.3 is 0 Å². The third-order valence-corrected chi connectivity index (χ3v) is 5.48. The zero-order chi connectivity index (χ0) is 20.0. The Balaban J connectivity index is 1.58. The summed E-state index contributed by atoms with van der Waals surface area (Å²) in [6.45, 7) is 6.40. The summed E-state index contributed by atoms with van der Waals surface area (Å²) in [5, 5.41) is 7.13. The minimum absolute atomic E-state index is 0.855. The topological polar surface area (TPSA) is 29.9 Å². The average molecular weight is 377 g/mol. The summed E-state index contributed by atoms with van der Waals surface area (Å²) < 4.78 is 2.15. The molecule has 0 aliphatic carbocycles. The number of rotatable bonds is 3. The predicted octanol–water partition coefficient (Wildman–Crippen LogP) is 6.85. The first-order valence-corrected chi connectivity index (χ1v) is 9.91. The quantitative estimate of drug-likeness (QED) is 0.373. The van der Waals surface area contributed by atoms with Gasteiger partial charge in [0.1, 0.15) is 11.5 Å². The molecule has 2 heterocycles. The first-order valence-electron chi connectivity index (χ1n) is 9.91. The largest absolute Gasteiger partial charge is 0.340 e. The lowest BCUT2D eigenvalue weighted by atomic mass is 10.1. The van der Waals surface area contributed by atoms with Gasteiger partial charge in [0, 0.05) is 23.0 Å². The number of hydrogen-bond acceptors (Lipinski definition) is 2. The molecule has 142 valence electrons. The molecule has 5 aromatic rings. The van der Waals surface area contributed by atoms with E-state index in [2.05, 4.69) is 104 Å². The monoisotopic (exact) mass is 377 g/mol. The molecular formula is C26H23N3. The summed E-state index contributed by atoms with van der Waals surface area (Å²) in [5.74, 6) is 0.855. The zero-order valence-corrected chi connectivity index (χ0v) is 16.9. The van der Waals surface area contributed by atoms with Gasteiger partial charge < -0.3 is 9.88 Å². The molecule has 0 unspecified atom stereocenters. The van der Waals surface area contributed by atoms with E-state index in [0.29, 0.717) is 0 Å². The van der Waals surface area contributed by atoms with Crippen LogP contribution in [-0.4, -0.2) is 9.55 Å². The Kier molecular flexibility index (Phi) is 4.09. The molecule has 1 N–H and O–H groups in total. The molecule has 29 heavy (non-hydrogen) atoms. The van der Waals surface area contributed by atoms with Crippen LogP contribution in [0.2, 0.25) is 0 Å². The van der Waals surface area contributed by atoms with Crippen molar-refractivity contribution in [1.29, 1.82) is 0 Å². The average Bonchev–Trinajstić information content (AvgIpc) is 3.13. The van der Waals surface area contributed by atoms with Crippen LogP contribution in [0, 0.1) is 20.8 Å². The molecule has 3 heteroatoms. The van der Waals surface area contributed by atoms with Crippen LogP contribution in [0.3, 0.4) is 0 Å². The van der Waals surface area contributed by atoms with Gasteiger partial charge in [0.2, 0.25) is 0 Å². The number of pyridine rings is 1. The first-order chi connectivity index (χ1) is 14.1. The van der Waals surface area contributed by atoms with Gasteiger partial charge in [-0.3, -0.25) is 0 Å². The lowest BCUT2D eigenvalue weighted by Gasteiger charge is -2.14. The molecule has 0 radical (unpaired) electrons. The number of aromatic nitrogens is 2. The van der Waals surface area contributed by atoms with Gasteiger partial charge in [0.15, 0.2) is 0 Å². The molecule has 0 aliphatic rings. The normalized spacial score (nSPS) is 11.3. The van der Waals surface area contributed by atoms with Gasteiger partial charge in [-0.15, -0.1) is 0 Å². The van der Waals surface area contributed by atoms with Crippen molar-refractivity contribution in [2.75, 3.05) is 5.32 Å². The summed E-state index contributed by atoms with van der Waals surface area (Å²) in [6, 6.07) is 25.6. The molecule has 5 rings (SSSR count). The van der Waals surface area contributed by atoms with E-state index in [1.165, 1.54) is 27.5 Å². The Bertz CT molecular complexity index is 1340. The maximum absolute atomic E-state index is 4.94. The lowest BCUT2D eigenvalue weighted by molar-refractivity contribution is 1.10. The maximum atomic E-state index is 4.94. The second-order valence-electron chi connectivity index (χ2n) is 7.73. The van der Waals surface area contributed by atoms with E-state index in [1.807, 2.05) is 6.07 Å². The van der Waals surface area contributed by atoms with Crippen molar-refractivity contribution in [3.05, 3.63) is 95.7 Å². The van der Waals surface area contributed by atoms with E-state index in [-0.39, 0.29) is 0 Å². The minimum atomic E-state index is 0.855. The highest BCUT2D eigenvalue weighted by Gasteiger charge is 2.09. The number of benzene rings is 3. The summed E-state index contributed by atoms with van der Waals surface area (Å²) in [4.78, 5) is 4.94. The van der Waals surface area contributed by atoms with Crippen molar-refractivity contribution in [3.8, 4) is 5.69 Å². The highest BCUT2D eigenvalue weighted by atomic mass is 15.1. The predicted molar refractivity (Wildman–Crippen MR) is 123 cm³/mol. The lowest BCUT2D eigenvalue weighted by Crippen LogP contribution is -2.00. The molecule has 0 amide bonds. The molecule has 0 bridgehead atoms. The van der Waals surface area contributed by atoms with Crippen molar-refractivity contribution in [2.45, 2.75) is 20.8 Å². The van der Waals surface area contributed by atoms with E-state index in [4.69, 9.17) is 4.98 Å². The molecule has 0 spiro atoms. The van der Waals surface area contributed by atoms with Crippen LogP contribution in [-0.2, 0) is 0 Å². The summed E-state index contributed by atoms with van der Waals surface area (Å²) in [7, 11) is 0. The molecule has 0 saturated heterocycles. The number of nitrogens with one attached hydrogen (secondary N) is 1. The molecule has 0 saturated carbocycles. The Morgan fingerprint density at radius 3 is 2.24 bits per heavy atom. The van der Waals surface area contributed by atoms with Gasteiger partial charge in [0.05, 0.1) is 0 Å². The molecular weight excluding hydrogens is 354 g/mol. The highest BCUT2D eigenvalue weighted by Crippen LogP contribution is 2.28. The van der Waals surface area contributed by atoms with Gasteiger partial charge in [-0.05, 0) is 73.0 Å². The SMILES string of the molecule is Cc1cc(C)c(Nc2ccc3ccn(-c4ccc5ccccc5c4)c3n2)c(C)c1. The van der Waals surface area contributed by atoms with Crippen LogP contribution in [0.15, 0.2) is 79.0 Å².